The van der Waals surface area contributed by atoms with Gasteiger partial charge in [0.15, 0.2) is 0 Å². The number of halogens is 1. The minimum absolute atomic E-state index is 0.105. The molecule has 2 N–H and O–H groups in total. The molecule has 0 aliphatic heterocycles. The number of hydrogen-bond acceptors (Lipinski definition) is 4. The third-order valence-electron chi connectivity index (χ3n) is 2.82. The lowest BCUT2D eigenvalue weighted by atomic mass is 10.00. The summed E-state index contributed by atoms with van der Waals surface area (Å²) in [7, 11) is 1.23. The number of benzene rings is 1. The molecule has 0 bridgehead atoms. The standard InChI is InChI=1S/C13H18FNO3/c1-8(13(2,3)17)15-11-6-5-9(14)7-10(11)12(16)18-4/h5-8,15,17H,1-4H3. The van der Waals surface area contributed by atoms with E-state index < -0.39 is 17.4 Å². The zero-order valence-corrected chi connectivity index (χ0v) is 11.0. The quantitative estimate of drug-likeness (QED) is 0.810. The Morgan fingerprint density at radius 1 is 1.50 bits per heavy atom. The molecule has 18 heavy (non-hydrogen) atoms. The van der Waals surface area contributed by atoms with E-state index in [1.54, 1.807) is 20.8 Å². The van der Waals surface area contributed by atoms with Gasteiger partial charge in [0.2, 0.25) is 0 Å². The smallest absolute Gasteiger partial charge is 0.340 e. The predicted molar refractivity (Wildman–Crippen MR) is 67.1 cm³/mol. The number of aliphatic hydroxyl groups is 1. The molecule has 0 aliphatic carbocycles. The van der Waals surface area contributed by atoms with Gasteiger partial charge in [-0.2, -0.15) is 0 Å². The molecular weight excluding hydrogens is 237 g/mol. The van der Waals surface area contributed by atoms with E-state index in [2.05, 4.69) is 10.1 Å². The van der Waals surface area contributed by atoms with E-state index in [0.29, 0.717) is 5.69 Å². The van der Waals surface area contributed by atoms with Gasteiger partial charge in [0.25, 0.3) is 0 Å². The molecule has 5 heteroatoms. The van der Waals surface area contributed by atoms with E-state index in [0.717, 1.165) is 6.07 Å². The van der Waals surface area contributed by atoms with Crippen LogP contribution in [0.1, 0.15) is 31.1 Å². The Labute approximate surface area is 106 Å². The Balaban J connectivity index is 3.05. The zero-order valence-electron chi connectivity index (χ0n) is 11.0. The van der Waals surface area contributed by atoms with Crippen LogP contribution in [0.25, 0.3) is 0 Å². The first-order chi connectivity index (χ1) is 8.25. The summed E-state index contributed by atoms with van der Waals surface area (Å²) in [5.74, 6) is -1.14. The summed E-state index contributed by atoms with van der Waals surface area (Å²) in [5, 5.41) is 12.8. The molecule has 0 fully saturated rings. The molecule has 1 aromatic carbocycles. The van der Waals surface area contributed by atoms with Crippen LogP contribution in [0.3, 0.4) is 0 Å². The average molecular weight is 255 g/mol. The average Bonchev–Trinajstić information content (AvgIpc) is 2.29. The summed E-state index contributed by atoms with van der Waals surface area (Å²) in [5.41, 5.74) is -0.437. The SMILES string of the molecule is COC(=O)c1cc(F)ccc1NC(C)C(C)(C)O. The van der Waals surface area contributed by atoms with Crippen molar-refractivity contribution in [1.82, 2.24) is 0 Å². The maximum Gasteiger partial charge on any atom is 0.340 e. The molecule has 0 spiro atoms. The van der Waals surface area contributed by atoms with Crippen molar-refractivity contribution < 1.29 is 19.0 Å². The van der Waals surface area contributed by atoms with Crippen molar-refractivity contribution in [1.29, 1.82) is 0 Å². The van der Waals surface area contributed by atoms with Gasteiger partial charge < -0.3 is 15.2 Å². The van der Waals surface area contributed by atoms with Crippen molar-refractivity contribution in [3.63, 3.8) is 0 Å². The first-order valence-electron chi connectivity index (χ1n) is 5.62. The van der Waals surface area contributed by atoms with Gasteiger partial charge in [0.05, 0.1) is 24.3 Å². The number of esters is 1. The van der Waals surface area contributed by atoms with E-state index in [9.17, 15) is 14.3 Å². The van der Waals surface area contributed by atoms with Gasteiger partial charge in [-0.15, -0.1) is 0 Å². The third kappa shape index (κ3) is 3.43. The second-order valence-electron chi connectivity index (χ2n) is 4.70. The van der Waals surface area contributed by atoms with Crippen molar-refractivity contribution >= 4 is 11.7 Å². The van der Waals surface area contributed by atoms with Crippen LogP contribution in [0.15, 0.2) is 18.2 Å². The molecule has 0 radical (unpaired) electrons. The highest BCUT2D eigenvalue weighted by Gasteiger charge is 2.24. The van der Waals surface area contributed by atoms with Gasteiger partial charge in [-0.1, -0.05) is 0 Å². The van der Waals surface area contributed by atoms with Gasteiger partial charge in [0.1, 0.15) is 5.82 Å². The second-order valence-corrected chi connectivity index (χ2v) is 4.70. The van der Waals surface area contributed by atoms with Gasteiger partial charge in [-0.25, -0.2) is 9.18 Å². The van der Waals surface area contributed by atoms with E-state index in [-0.39, 0.29) is 11.6 Å². The normalized spacial score (nSPS) is 13.0. The summed E-state index contributed by atoms with van der Waals surface area (Å²) in [4.78, 5) is 11.5. The third-order valence-corrected chi connectivity index (χ3v) is 2.82. The summed E-state index contributed by atoms with van der Waals surface area (Å²) < 4.78 is 17.7. The molecule has 1 unspecified atom stereocenters. The lowest BCUT2D eigenvalue weighted by Crippen LogP contribution is -2.39. The molecule has 0 saturated carbocycles. The fraction of sp³-hybridized carbons (Fsp3) is 0.462. The van der Waals surface area contributed by atoms with Gasteiger partial charge >= 0.3 is 5.97 Å². The van der Waals surface area contributed by atoms with Crippen molar-refractivity contribution in [2.24, 2.45) is 0 Å². The van der Waals surface area contributed by atoms with Crippen molar-refractivity contribution in [3.8, 4) is 0 Å². The molecule has 0 aliphatic rings. The summed E-state index contributed by atoms with van der Waals surface area (Å²) in [6.45, 7) is 5.06. The largest absolute Gasteiger partial charge is 0.465 e. The number of hydrogen-bond donors (Lipinski definition) is 2. The number of nitrogens with one attached hydrogen (secondary N) is 1. The van der Waals surface area contributed by atoms with Crippen molar-refractivity contribution in [2.45, 2.75) is 32.4 Å². The summed E-state index contributed by atoms with van der Waals surface area (Å²) in [6, 6.07) is 3.48. The van der Waals surface area contributed by atoms with Crippen LogP contribution >= 0.6 is 0 Å². The number of methoxy groups -OCH3 is 1. The van der Waals surface area contributed by atoms with E-state index in [1.807, 2.05) is 0 Å². The number of ether oxygens (including phenoxy) is 1. The van der Waals surface area contributed by atoms with Crippen LogP contribution in [0.5, 0.6) is 0 Å². The molecule has 1 aromatic rings. The topological polar surface area (TPSA) is 58.6 Å². The molecule has 4 nitrogen and oxygen atoms in total. The van der Waals surface area contributed by atoms with Crippen molar-refractivity contribution in [3.05, 3.63) is 29.6 Å². The highest BCUT2D eigenvalue weighted by atomic mass is 19.1. The Kier molecular flexibility index (Phi) is 4.29. The Bertz CT molecular complexity index is 440. The van der Waals surface area contributed by atoms with Crippen LogP contribution in [-0.2, 0) is 4.74 Å². The minimum Gasteiger partial charge on any atom is -0.465 e. The molecular formula is C13H18FNO3. The Morgan fingerprint density at radius 2 is 2.11 bits per heavy atom. The zero-order chi connectivity index (χ0) is 13.9. The maximum atomic E-state index is 13.1. The van der Waals surface area contributed by atoms with Crippen LogP contribution in [0.4, 0.5) is 10.1 Å². The van der Waals surface area contributed by atoms with Gasteiger partial charge in [-0.3, -0.25) is 0 Å². The lowest BCUT2D eigenvalue weighted by molar-refractivity contribution is 0.0592. The van der Waals surface area contributed by atoms with Gasteiger partial charge in [0, 0.05) is 5.69 Å². The summed E-state index contributed by atoms with van der Waals surface area (Å²) >= 11 is 0. The number of carbonyl (C=O) groups excluding carboxylic acids is 1. The maximum absolute atomic E-state index is 13.1. The molecule has 1 atom stereocenters. The lowest BCUT2D eigenvalue weighted by Gasteiger charge is -2.28. The monoisotopic (exact) mass is 255 g/mol. The highest BCUT2D eigenvalue weighted by Crippen LogP contribution is 2.21. The van der Waals surface area contributed by atoms with Crippen LogP contribution in [-0.4, -0.2) is 29.8 Å². The molecule has 100 valence electrons. The van der Waals surface area contributed by atoms with Crippen LogP contribution in [0.2, 0.25) is 0 Å². The summed E-state index contributed by atoms with van der Waals surface area (Å²) in [6.07, 6.45) is 0. The fourth-order valence-electron chi connectivity index (χ4n) is 1.33. The molecule has 0 heterocycles. The Morgan fingerprint density at radius 3 is 2.61 bits per heavy atom. The molecule has 0 aromatic heterocycles. The second kappa shape index (κ2) is 5.35. The van der Waals surface area contributed by atoms with Crippen LogP contribution in [0, 0.1) is 5.82 Å². The Hall–Kier alpha value is -1.62. The van der Waals surface area contributed by atoms with E-state index >= 15 is 0 Å². The number of carbonyl (C=O) groups is 1. The number of anilines is 1. The van der Waals surface area contributed by atoms with Crippen LogP contribution < -0.4 is 5.32 Å². The van der Waals surface area contributed by atoms with Gasteiger partial charge in [-0.05, 0) is 39.0 Å². The molecule has 0 amide bonds. The fourth-order valence-corrected chi connectivity index (χ4v) is 1.33. The minimum atomic E-state index is -0.970. The number of rotatable bonds is 4. The first-order valence-corrected chi connectivity index (χ1v) is 5.62. The first kappa shape index (κ1) is 14.4. The molecule has 1 rings (SSSR count). The molecule has 0 saturated heterocycles. The van der Waals surface area contributed by atoms with E-state index in [4.69, 9.17) is 0 Å². The van der Waals surface area contributed by atoms with E-state index in [1.165, 1.54) is 19.2 Å². The van der Waals surface area contributed by atoms with Crippen molar-refractivity contribution in [2.75, 3.05) is 12.4 Å². The highest BCUT2D eigenvalue weighted by molar-refractivity contribution is 5.95. The predicted octanol–water partition coefficient (Wildman–Crippen LogP) is 2.18.